The fourth-order valence-corrected chi connectivity index (χ4v) is 1.17. The Bertz CT molecular complexity index is 357. The number of methoxy groups -OCH3 is 1. The van der Waals surface area contributed by atoms with Crippen molar-refractivity contribution in [3.63, 3.8) is 0 Å². The first-order valence-corrected chi connectivity index (χ1v) is 4.72. The molecule has 0 spiro atoms. The van der Waals surface area contributed by atoms with E-state index in [1.807, 2.05) is 0 Å². The van der Waals surface area contributed by atoms with Crippen molar-refractivity contribution in [1.29, 1.82) is 0 Å². The molecule has 1 saturated heterocycles. The van der Waals surface area contributed by atoms with Crippen LogP contribution in [0.15, 0.2) is 24.3 Å². The second-order valence-electron chi connectivity index (χ2n) is 3.29. The van der Waals surface area contributed by atoms with Crippen molar-refractivity contribution in [1.82, 2.24) is 0 Å². The van der Waals surface area contributed by atoms with Crippen LogP contribution in [0.1, 0.15) is 10.4 Å². The Kier molecular flexibility index (Phi) is 2.87. The molecule has 0 amide bonds. The van der Waals surface area contributed by atoms with Gasteiger partial charge in [0.25, 0.3) is 0 Å². The number of rotatable bonds is 4. The lowest BCUT2D eigenvalue weighted by atomic mass is 10.2. The standard InChI is InChI=1S/C11H12O4/c1-13-9-4-2-3-8(5-9)11(12)15-7-10-6-14-10/h2-5,10H,6-7H2,1H3/t10-/m1/s1. The van der Waals surface area contributed by atoms with E-state index in [1.165, 1.54) is 0 Å². The van der Waals surface area contributed by atoms with E-state index in [-0.39, 0.29) is 12.1 Å². The minimum atomic E-state index is -0.343. The molecular formula is C11H12O4. The number of carbonyl (C=O) groups excluding carboxylic acids is 1. The summed E-state index contributed by atoms with van der Waals surface area (Å²) in [5.41, 5.74) is 0.495. The monoisotopic (exact) mass is 208 g/mol. The number of carbonyl (C=O) groups is 1. The summed E-state index contributed by atoms with van der Waals surface area (Å²) < 4.78 is 15.0. The molecule has 1 aromatic rings. The van der Waals surface area contributed by atoms with Crippen LogP contribution in [0.25, 0.3) is 0 Å². The van der Waals surface area contributed by atoms with Crippen molar-refractivity contribution in [2.75, 3.05) is 20.3 Å². The summed E-state index contributed by atoms with van der Waals surface area (Å²) in [6, 6.07) is 6.87. The molecule has 4 nitrogen and oxygen atoms in total. The van der Waals surface area contributed by atoms with Crippen LogP contribution in [0.4, 0.5) is 0 Å². The smallest absolute Gasteiger partial charge is 0.338 e. The molecule has 0 bridgehead atoms. The van der Waals surface area contributed by atoms with E-state index in [2.05, 4.69) is 0 Å². The Balaban J connectivity index is 1.96. The second kappa shape index (κ2) is 4.31. The Morgan fingerprint density at radius 3 is 3.07 bits per heavy atom. The number of esters is 1. The number of benzene rings is 1. The van der Waals surface area contributed by atoms with E-state index in [9.17, 15) is 4.79 Å². The van der Waals surface area contributed by atoms with Crippen LogP contribution in [0, 0.1) is 0 Å². The van der Waals surface area contributed by atoms with Gasteiger partial charge in [-0.3, -0.25) is 0 Å². The highest BCUT2D eigenvalue weighted by molar-refractivity contribution is 5.89. The van der Waals surface area contributed by atoms with Crippen molar-refractivity contribution in [3.05, 3.63) is 29.8 Å². The topological polar surface area (TPSA) is 48.1 Å². The first-order valence-electron chi connectivity index (χ1n) is 4.72. The third-order valence-electron chi connectivity index (χ3n) is 2.11. The summed E-state index contributed by atoms with van der Waals surface area (Å²) in [7, 11) is 1.56. The van der Waals surface area contributed by atoms with E-state index in [0.717, 1.165) is 0 Å². The fraction of sp³-hybridized carbons (Fsp3) is 0.364. The third-order valence-corrected chi connectivity index (χ3v) is 2.11. The summed E-state index contributed by atoms with van der Waals surface area (Å²) in [5.74, 6) is 0.302. The largest absolute Gasteiger partial charge is 0.497 e. The summed E-state index contributed by atoms with van der Waals surface area (Å²) in [4.78, 5) is 11.5. The van der Waals surface area contributed by atoms with Gasteiger partial charge in [0, 0.05) is 0 Å². The summed E-state index contributed by atoms with van der Waals surface area (Å²) >= 11 is 0. The maximum Gasteiger partial charge on any atom is 0.338 e. The molecule has 1 aliphatic rings. The van der Waals surface area contributed by atoms with Gasteiger partial charge in [-0.2, -0.15) is 0 Å². The van der Waals surface area contributed by atoms with Gasteiger partial charge >= 0.3 is 5.97 Å². The number of ether oxygens (including phenoxy) is 3. The van der Waals surface area contributed by atoms with Crippen LogP contribution in [-0.4, -0.2) is 32.4 Å². The molecule has 15 heavy (non-hydrogen) atoms. The average molecular weight is 208 g/mol. The van der Waals surface area contributed by atoms with Crippen molar-refractivity contribution in [2.24, 2.45) is 0 Å². The zero-order chi connectivity index (χ0) is 10.7. The van der Waals surface area contributed by atoms with E-state index in [0.29, 0.717) is 24.5 Å². The highest BCUT2D eigenvalue weighted by atomic mass is 16.6. The zero-order valence-electron chi connectivity index (χ0n) is 8.43. The van der Waals surface area contributed by atoms with E-state index in [4.69, 9.17) is 14.2 Å². The van der Waals surface area contributed by atoms with Gasteiger partial charge in [0.1, 0.15) is 18.5 Å². The molecule has 0 aliphatic carbocycles. The van der Waals surface area contributed by atoms with Gasteiger partial charge in [-0.1, -0.05) is 6.07 Å². The lowest BCUT2D eigenvalue weighted by Crippen LogP contribution is -2.09. The molecule has 0 saturated carbocycles. The molecule has 80 valence electrons. The van der Waals surface area contributed by atoms with Gasteiger partial charge < -0.3 is 14.2 Å². The van der Waals surface area contributed by atoms with Crippen LogP contribution in [0.5, 0.6) is 5.75 Å². The Morgan fingerprint density at radius 1 is 1.60 bits per heavy atom. The van der Waals surface area contributed by atoms with Crippen LogP contribution in [0.2, 0.25) is 0 Å². The van der Waals surface area contributed by atoms with Crippen LogP contribution in [-0.2, 0) is 9.47 Å². The zero-order valence-corrected chi connectivity index (χ0v) is 8.43. The minimum absolute atomic E-state index is 0.0968. The van der Waals surface area contributed by atoms with E-state index < -0.39 is 0 Å². The molecule has 1 fully saturated rings. The molecule has 0 unspecified atom stereocenters. The lowest BCUT2D eigenvalue weighted by molar-refractivity contribution is 0.0476. The first kappa shape index (κ1) is 9.98. The van der Waals surface area contributed by atoms with Crippen molar-refractivity contribution >= 4 is 5.97 Å². The summed E-state index contributed by atoms with van der Waals surface area (Å²) in [6.45, 7) is 1.02. The molecule has 1 heterocycles. The number of hydrogen-bond donors (Lipinski definition) is 0. The van der Waals surface area contributed by atoms with Gasteiger partial charge in [0.05, 0.1) is 19.3 Å². The molecule has 1 atom stereocenters. The van der Waals surface area contributed by atoms with Crippen LogP contribution >= 0.6 is 0 Å². The van der Waals surface area contributed by atoms with Gasteiger partial charge in [-0.05, 0) is 18.2 Å². The van der Waals surface area contributed by atoms with Gasteiger partial charge in [-0.25, -0.2) is 4.79 Å². The van der Waals surface area contributed by atoms with Crippen molar-refractivity contribution in [3.8, 4) is 5.75 Å². The third kappa shape index (κ3) is 2.70. The first-order chi connectivity index (χ1) is 7.29. The lowest BCUT2D eigenvalue weighted by Gasteiger charge is -2.04. The summed E-state index contributed by atoms with van der Waals surface area (Å²) in [5, 5.41) is 0. The van der Waals surface area contributed by atoms with Crippen LogP contribution < -0.4 is 4.74 Å². The van der Waals surface area contributed by atoms with E-state index in [1.54, 1.807) is 31.4 Å². The normalized spacial score (nSPS) is 18.3. The second-order valence-corrected chi connectivity index (χ2v) is 3.29. The molecule has 0 radical (unpaired) electrons. The Morgan fingerprint density at radius 2 is 2.40 bits per heavy atom. The van der Waals surface area contributed by atoms with Crippen molar-refractivity contribution in [2.45, 2.75) is 6.10 Å². The highest BCUT2D eigenvalue weighted by Gasteiger charge is 2.24. The molecule has 1 aliphatic heterocycles. The minimum Gasteiger partial charge on any atom is -0.497 e. The summed E-state index contributed by atoms with van der Waals surface area (Å²) in [6.07, 6.45) is 0.0968. The highest BCUT2D eigenvalue weighted by Crippen LogP contribution is 2.15. The fourth-order valence-electron chi connectivity index (χ4n) is 1.17. The Hall–Kier alpha value is -1.55. The Labute approximate surface area is 87.8 Å². The molecule has 1 aromatic carbocycles. The molecule has 0 N–H and O–H groups in total. The predicted octanol–water partition coefficient (Wildman–Crippen LogP) is 1.25. The van der Waals surface area contributed by atoms with Crippen molar-refractivity contribution < 1.29 is 19.0 Å². The molecule has 2 rings (SSSR count). The number of epoxide rings is 1. The van der Waals surface area contributed by atoms with Gasteiger partial charge in [0.2, 0.25) is 0 Å². The quantitative estimate of drug-likeness (QED) is 0.552. The maximum absolute atomic E-state index is 11.5. The van der Waals surface area contributed by atoms with Gasteiger partial charge in [0.15, 0.2) is 0 Å². The van der Waals surface area contributed by atoms with Crippen LogP contribution in [0.3, 0.4) is 0 Å². The SMILES string of the molecule is COc1cccc(C(=O)OC[C@H]2CO2)c1. The molecule has 4 heteroatoms. The molecular weight excluding hydrogens is 196 g/mol. The van der Waals surface area contributed by atoms with E-state index >= 15 is 0 Å². The number of hydrogen-bond acceptors (Lipinski definition) is 4. The molecule has 0 aromatic heterocycles. The maximum atomic E-state index is 11.5. The average Bonchev–Trinajstić information content (AvgIpc) is 3.10. The van der Waals surface area contributed by atoms with Gasteiger partial charge in [-0.15, -0.1) is 0 Å². The predicted molar refractivity (Wildman–Crippen MR) is 53.0 cm³/mol.